The zero-order valence-corrected chi connectivity index (χ0v) is 14.8. The molecule has 0 saturated heterocycles. The highest BCUT2D eigenvalue weighted by atomic mass is 19.3. The molecule has 1 saturated carbocycles. The molecule has 1 fully saturated rings. The van der Waals surface area contributed by atoms with Crippen LogP contribution in [0.2, 0.25) is 0 Å². The van der Waals surface area contributed by atoms with E-state index in [9.17, 15) is 18.0 Å². The molecule has 1 heterocycles. The average molecular weight is 374 g/mol. The molecule has 6 heteroatoms. The number of carbonyl (C=O) groups is 1. The summed E-state index contributed by atoms with van der Waals surface area (Å²) in [5, 5.41) is 6.08. The van der Waals surface area contributed by atoms with Crippen LogP contribution < -0.4 is 10.6 Å². The van der Waals surface area contributed by atoms with Gasteiger partial charge >= 0.3 is 0 Å². The third-order valence-electron chi connectivity index (χ3n) is 5.54. The largest absolute Gasteiger partial charge is 0.385 e. The van der Waals surface area contributed by atoms with Crippen molar-refractivity contribution in [2.45, 2.75) is 37.1 Å². The maximum atomic E-state index is 14.3. The van der Waals surface area contributed by atoms with Gasteiger partial charge in [0.2, 0.25) is 5.91 Å². The maximum Gasteiger partial charge on any atom is 0.253 e. The van der Waals surface area contributed by atoms with Gasteiger partial charge in [0.05, 0.1) is 5.54 Å². The Morgan fingerprint density at radius 2 is 1.78 bits per heavy atom. The van der Waals surface area contributed by atoms with Gasteiger partial charge in [-0.05, 0) is 30.5 Å². The molecule has 0 aromatic heterocycles. The van der Waals surface area contributed by atoms with E-state index in [-0.39, 0.29) is 17.4 Å². The Morgan fingerprint density at radius 1 is 1.07 bits per heavy atom. The molecule has 2 aromatic rings. The van der Waals surface area contributed by atoms with Gasteiger partial charge in [0.15, 0.2) is 0 Å². The van der Waals surface area contributed by atoms with E-state index in [1.807, 2.05) is 24.3 Å². The number of hydrogen-bond donors (Lipinski definition) is 2. The van der Waals surface area contributed by atoms with Crippen molar-refractivity contribution >= 4 is 11.6 Å². The van der Waals surface area contributed by atoms with Crippen LogP contribution in [0.25, 0.3) is 0 Å². The summed E-state index contributed by atoms with van der Waals surface area (Å²) in [5.41, 5.74) is 0.808. The second kappa shape index (κ2) is 6.59. The summed E-state index contributed by atoms with van der Waals surface area (Å²) in [5.74, 6) is -4.11. The Balaban J connectivity index is 1.57. The van der Waals surface area contributed by atoms with Crippen molar-refractivity contribution in [3.63, 3.8) is 0 Å². The number of para-hydroxylation sites is 1. The first-order valence-corrected chi connectivity index (χ1v) is 9.15. The lowest BCUT2D eigenvalue weighted by molar-refractivity contribution is -0.152. The summed E-state index contributed by atoms with van der Waals surface area (Å²) in [6.07, 6.45) is -0.0362. The van der Waals surface area contributed by atoms with E-state index in [1.54, 1.807) is 6.07 Å². The van der Waals surface area contributed by atoms with Crippen LogP contribution in [0.4, 0.5) is 18.9 Å². The molecular weight excluding hydrogens is 353 g/mol. The van der Waals surface area contributed by atoms with E-state index < -0.39 is 30.1 Å². The Bertz CT molecular complexity index is 860. The van der Waals surface area contributed by atoms with Crippen LogP contribution in [0.3, 0.4) is 0 Å². The number of rotatable bonds is 3. The second-order valence-electron chi connectivity index (χ2n) is 7.53. The molecular formula is C21H21F3N2O. The Hall–Kier alpha value is -2.50. The molecule has 1 amide bonds. The van der Waals surface area contributed by atoms with Crippen molar-refractivity contribution < 1.29 is 18.0 Å². The minimum atomic E-state index is -2.90. The van der Waals surface area contributed by atoms with Crippen molar-refractivity contribution in [3.8, 4) is 0 Å². The lowest BCUT2D eigenvalue weighted by Crippen LogP contribution is -2.61. The Kier molecular flexibility index (Phi) is 4.36. The number of benzene rings is 2. The van der Waals surface area contributed by atoms with E-state index in [0.717, 1.165) is 11.3 Å². The van der Waals surface area contributed by atoms with Gasteiger partial charge in [-0.3, -0.25) is 4.79 Å². The first-order chi connectivity index (χ1) is 12.9. The first kappa shape index (κ1) is 17.9. The number of nitrogens with one attached hydrogen (secondary N) is 2. The highest BCUT2D eigenvalue weighted by Gasteiger charge is 2.59. The molecule has 1 aliphatic carbocycles. The topological polar surface area (TPSA) is 41.1 Å². The summed E-state index contributed by atoms with van der Waals surface area (Å²) in [6, 6.07) is 13.6. The van der Waals surface area contributed by atoms with Crippen LogP contribution in [-0.2, 0) is 16.8 Å². The predicted molar refractivity (Wildman–Crippen MR) is 97.1 cm³/mol. The van der Waals surface area contributed by atoms with Crippen LogP contribution in [0.1, 0.15) is 30.4 Å². The minimum Gasteiger partial charge on any atom is -0.385 e. The third-order valence-corrected chi connectivity index (χ3v) is 5.54. The first-order valence-electron chi connectivity index (χ1n) is 9.15. The number of amides is 1. The van der Waals surface area contributed by atoms with Gasteiger partial charge in [-0.2, -0.15) is 0 Å². The fourth-order valence-corrected chi connectivity index (χ4v) is 4.21. The van der Waals surface area contributed by atoms with Crippen molar-refractivity contribution in [2.75, 3.05) is 11.9 Å². The monoisotopic (exact) mass is 374 g/mol. The summed E-state index contributed by atoms with van der Waals surface area (Å²) >= 11 is 0. The Morgan fingerprint density at radius 3 is 2.52 bits per heavy atom. The zero-order valence-electron chi connectivity index (χ0n) is 14.8. The maximum absolute atomic E-state index is 14.3. The number of alkyl halides is 2. The molecule has 1 aliphatic heterocycles. The van der Waals surface area contributed by atoms with E-state index in [0.29, 0.717) is 19.4 Å². The van der Waals surface area contributed by atoms with Gasteiger partial charge in [-0.25, -0.2) is 13.2 Å². The number of carbonyl (C=O) groups excluding carboxylic acids is 1. The SMILES string of the molecule is O=C(NC1(c2ccccc2F)CC(F)(F)C1)C1CCNc2ccccc2C1. The molecule has 1 unspecified atom stereocenters. The van der Waals surface area contributed by atoms with Gasteiger partial charge in [0.1, 0.15) is 5.82 Å². The standard InChI is InChI=1S/C21H21F3N2O/c22-17-7-3-2-6-16(17)20(12-21(23,24)13-20)26-19(27)15-9-10-25-18-8-4-1-5-14(18)11-15/h1-8,15,25H,9-13H2,(H,26,27). The van der Waals surface area contributed by atoms with Gasteiger partial charge in [0.25, 0.3) is 5.92 Å². The molecule has 2 aliphatic rings. The van der Waals surface area contributed by atoms with Crippen molar-refractivity contribution in [1.29, 1.82) is 0 Å². The zero-order chi connectivity index (χ0) is 19.1. The molecule has 0 bridgehead atoms. The highest BCUT2D eigenvalue weighted by Crippen LogP contribution is 2.52. The van der Waals surface area contributed by atoms with Crippen LogP contribution in [0.5, 0.6) is 0 Å². The summed E-state index contributed by atoms with van der Waals surface area (Å²) in [7, 11) is 0. The summed E-state index contributed by atoms with van der Waals surface area (Å²) in [6.45, 7) is 0.623. The van der Waals surface area contributed by atoms with E-state index in [1.165, 1.54) is 18.2 Å². The van der Waals surface area contributed by atoms with E-state index in [2.05, 4.69) is 10.6 Å². The lowest BCUT2D eigenvalue weighted by atomic mass is 9.68. The molecule has 0 spiro atoms. The smallest absolute Gasteiger partial charge is 0.253 e. The molecule has 27 heavy (non-hydrogen) atoms. The number of hydrogen-bond acceptors (Lipinski definition) is 2. The van der Waals surface area contributed by atoms with Crippen molar-refractivity contribution in [3.05, 3.63) is 65.5 Å². The minimum absolute atomic E-state index is 0.136. The van der Waals surface area contributed by atoms with E-state index in [4.69, 9.17) is 0 Å². The molecule has 4 rings (SSSR count). The van der Waals surface area contributed by atoms with Gasteiger partial charge in [-0.15, -0.1) is 0 Å². The van der Waals surface area contributed by atoms with E-state index >= 15 is 0 Å². The molecule has 1 atom stereocenters. The fourth-order valence-electron chi connectivity index (χ4n) is 4.21. The number of anilines is 1. The lowest BCUT2D eigenvalue weighted by Gasteiger charge is -2.48. The molecule has 2 N–H and O–H groups in total. The molecule has 3 nitrogen and oxygen atoms in total. The number of halogens is 3. The molecule has 142 valence electrons. The van der Waals surface area contributed by atoms with Crippen LogP contribution in [0.15, 0.2) is 48.5 Å². The highest BCUT2D eigenvalue weighted by molar-refractivity contribution is 5.81. The van der Waals surface area contributed by atoms with Gasteiger partial charge in [-0.1, -0.05) is 36.4 Å². The number of fused-ring (bicyclic) bond motifs is 1. The summed E-state index contributed by atoms with van der Waals surface area (Å²) < 4.78 is 41.7. The average Bonchev–Trinajstić information content (AvgIpc) is 2.82. The summed E-state index contributed by atoms with van der Waals surface area (Å²) in [4.78, 5) is 13.0. The Labute approximate surface area is 156 Å². The predicted octanol–water partition coefficient (Wildman–Crippen LogP) is 4.24. The third kappa shape index (κ3) is 3.40. The van der Waals surface area contributed by atoms with Crippen LogP contribution in [-0.4, -0.2) is 18.4 Å². The quantitative estimate of drug-likeness (QED) is 0.844. The van der Waals surface area contributed by atoms with Crippen LogP contribution >= 0.6 is 0 Å². The molecule has 2 aromatic carbocycles. The second-order valence-corrected chi connectivity index (χ2v) is 7.53. The van der Waals surface area contributed by atoms with Gasteiger partial charge in [0, 0.05) is 36.6 Å². The van der Waals surface area contributed by atoms with Crippen molar-refractivity contribution in [2.24, 2.45) is 5.92 Å². The normalized spacial score (nSPS) is 22.6. The van der Waals surface area contributed by atoms with Crippen molar-refractivity contribution in [1.82, 2.24) is 5.32 Å². The fraction of sp³-hybridized carbons (Fsp3) is 0.381. The molecule has 0 radical (unpaired) electrons. The van der Waals surface area contributed by atoms with Gasteiger partial charge < -0.3 is 10.6 Å². The van der Waals surface area contributed by atoms with Crippen LogP contribution in [0, 0.1) is 11.7 Å².